The Morgan fingerprint density at radius 3 is 2.29 bits per heavy atom. The molecule has 4 rings (SSSR count). The number of aryl methyl sites for hydroxylation is 1. The lowest BCUT2D eigenvalue weighted by atomic mass is 10.2. The first-order chi connectivity index (χ1) is 14.9. The summed E-state index contributed by atoms with van der Waals surface area (Å²) < 4.78 is 29.5. The molecule has 3 aromatic rings. The lowest BCUT2D eigenvalue weighted by Gasteiger charge is -2.25. The van der Waals surface area contributed by atoms with Crippen LogP contribution in [0.5, 0.6) is 0 Å². The van der Waals surface area contributed by atoms with Crippen LogP contribution in [0.3, 0.4) is 0 Å². The summed E-state index contributed by atoms with van der Waals surface area (Å²) in [6.45, 7) is 2.95. The molecule has 1 aliphatic heterocycles. The minimum atomic E-state index is -3.47. The maximum atomic E-state index is 12.8. The van der Waals surface area contributed by atoms with Gasteiger partial charge in [-0.15, -0.1) is 0 Å². The highest BCUT2D eigenvalue weighted by atomic mass is 79.9. The van der Waals surface area contributed by atoms with Gasteiger partial charge in [-0.3, -0.25) is 14.9 Å². The molecule has 31 heavy (non-hydrogen) atoms. The van der Waals surface area contributed by atoms with E-state index in [0.717, 1.165) is 29.4 Å². The lowest BCUT2D eigenvalue weighted by molar-refractivity contribution is 0.346. The first-order valence-electron chi connectivity index (χ1n) is 10.1. The molecule has 2 aromatic carbocycles. The Labute approximate surface area is 189 Å². The van der Waals surface area contributed by atoms with Gasteiger partial charge in [0, 0.05) is 29.5 Å². The fraction of sp³-hybridized carbons (Fsp3) is 0.273. The molecule has 162 valence electrons. The van der Waals surface area contributed by atoms with Crippen molar-refractivity contribution in [3.05, 3.63) is 74.6 Å². The van der Waals surface area contributed by atoms with E-state index in [2.05, 4.69) is 26.0 Å². The van der Waals surface area contributed by atoms with Gasteiger partial charge in [-0.05, 0) is 68.3 Å². The van der Waals surface area contributed by atoms with Crippen molar-refractivity contribution >= 4 is 37.9 Å². The van der Waals surface area contributed by atoms with Crippen molar-refractivity contribution in [1.29, 1.82) is 0 Å². The van der Waals surface area contributed by atoms with Crippen molar-refractivity contribution in [2.45, 2.75) is 31.1 Å². The van der Waals surface area contributed by atoms with Crippen LogP contribution in [0.15, 0.2) is 67.7 Å². The maximum absolute atomic E-state index is 12.8. The van der Waals surface area contributed by atoms with Gasteiger partial charge in [0.05, 0.1) is 21.8 Å². The number of aromatic amines is 1. The molecular weight excluding hydrogens is 480 g/mol. The molecule has 0 amide bonds. The number of aromatic nitrogens is 2. The second-order valence-electron chi connectivity index (χ2n) is 7.48. The molecule has 9 heteroatoms. The van der Waals surface area contributed by atoms with E-state index in [1.54, 1.807) is 28.6 Å². The summed E-state index contributed by atoms with van der Waals surface area (Å²) in [5, 5.41) is 3.06. The Hall–Kier alpha value is -2.49. The van der Waals surface area contributed by atoms with Crippen LogP contribution in [-0.2, 0) is 10.0 Å². The summed E-state index contributed by atoms with van der Waals surface area (Å²) in [6.07, 6.45) is 4.38. The number of aliphatic imine (C=N–C) groups is 1. The Morgan fingerprint density at radius 2 is 1.65 bits per heavy atom. The highest BCUT2D eigenvalue weighted by Crippen LogP contribution is 2.23. The standard InChI is InChI=1S/C22H23BrN4O3S/c1-16-21(22(28)27(25-16)19-9-5-17(23)6-10-19)15-24-18-7-11-20(12-8-18)31(29,30)26-13-3-2-4-14-26/h5-12,15,25H,2-4,13-14H2,1H3. The Kier molecular flexibility index (Phi) is 6.27. The average Bonchev–Trinajstić information content (AvgIpc) is 3.07. The van der Waals surface area contributed by atoms with Crippen molar-refractivity contribution < 1.29 is 8.42 Å². The van der Waals surface area contributed by atoms with Gasteiger partial charge in [-0.1, -0.05) is 22.4 Å². The first-order valence-corrected chi connectivity index (χ1v) is 12.3. The molecule has 0 radical (unpaired) electrons. The summed E-state index contributed by atoms with van der Waals surface area (Å²) in [7, 11) is -3.47. The van der Waals surface area contributed by atoms with Gasteiger partial charge in [-0.25, -0.2) is 13.1 Å². The smallest absolute Gasteiger partial charge is 0.280 e. The molecule has 7 nitrogen and oxygen atoms in total. The van der Waals surface area contributed by atoms with Gasteiger partial charge in [-0.2, -0.15) is 4.31 Å². The van der Waals surface area contributed by atoms with Crippen molar-refractivity contribution in [3.8, 4) is 5.69 Å². The molecule has 1 fully saturated rings. The molecule has 0 spiro atoms. The number of H-pyrrole nitrogens is 1. The van der Waals surface area contributed by atoms with E-state index in [0.29, 0.717) is 30.0 Å². The Balaban J connectivity index is 1.55. The zero-order valence-corrected chi connectivity index (χ0v) is 19.5. The number of rotatable bonds is 5. The minimum Gasteiger partial charge on any atom is -0.295 e. The normalized spacial score (nSPS) is 15.5. The monoisotopic (exact) mass is 502 g/mol. The highest BCUT2D eigenvalue weighted by molar-refractivity contribution is 9.10. The fourth-order valence-electron chi connectivity index (χ4n) is 3.58. The minimum absolute atomic E-state index is 0.201. The third-order valence-electron chi connectivity index (χ3n) is 5.33. The summed E-state index contributed by atoms with van der Waals surface area (Å²) >= 11 is 3.39. The van der Waals surface area contributed by atoms with Crippen molar-refractivity contribution in [3.63, 3.8) is 0 Å². The molecule has 2 heterocycles. The zero-order chi connectivity index (χ0) is 22.0. The zero-order valence-electron chi connectivity index (χ0n) is 17.1. The van der Waals surface area contributed by atoms with Gasteiger partial charge in [0.15, 0.2) is 0 Å². The Bertz CT molecular complexity index is 1250. The molecular formula is C22H23BrN4O3S. The molecule has 0 saturated carbocycles. The molecule has 0 unspecified atom stereocenters. The second-order valence-corrected chi connectivity index (χ2v) is 10.3. The van der Waals surface area contributed by atoms with Crippen LogP contribution in [0.25, 0.3) is 5.69 Å². The van der Waals surface area contributed by atoms with Gasteiger partial charge in [0.2, 0.25) is 10.0 Å². The van der Waals surface area contributed by atoms with Crippen LogP contribution in [0.4, 0.5) is 5.69 Å². The summed E-state index contributed by atoms with van der Waals surface area (Å²) in [5.74, 6) is 0. The molecule has 1 aromatic heterocycles. The predicted octanol–water partition coefficient (Wildman–Crippen LogP) is 4.16. The number of benzene rings is 2. The van der Waals surface area contributed by atoms with E-state index in [4.69, 9.17) is 0 Å². The van der Waals surface area contributed by atoms with Crippen LogP contribution in [0.2, 0.25) is 0 Å². The number of halogens is 1. The van der Waals surface area contributed by atoms with E-state index in [1.807, 2.05) is 31.2 Å². The van der Waals surface area contributed by atoms with E-state index in [1.165, 1.54) is 10.9 Å². The SMILES string of the molecule is Cc1[nH]n(-c2ccc(Br)cc2)c(=O)c1C=Nc1ccc(S(=O)(=O)N2CCCCC2)cc1. The number of piperidine rings is 1. The lowest BCUT2D eigenvalue weighted by Crippen LogP contribution is -2.35. The third kappa shape index (κ3) is 4.58. The van der Waals surface area contributed by atoms with Crippen molar-refractivity contribution in [2.75, 3.05) is 13.1 Å². The van der Waals surface area contributed by atoms with E-state index < -0.39 is 10.0 Å². The Morgan fingerprint density at radius 1 is 1.00 bits per heavy atom. The van der Waals surface area contributed by atoms with Gasteiger partial charge in [0.1, 0.15) is 0 Å². The number of nitrogens with zero attached hydrogens (tertiary/aromatic N) is 3. The quantitative estimate of drug-likeness (QED) is 0.531. The highest BCUT2D eigenvalue weighted by Gasteiger charge is 2.25. The number of hydrogen-bond donors (Lipinski definition) is 1. The van der Waals surface area contributed by atoms with Crippen LogP contribution in [-0.4, -0.2) is 41.8 Å². The van der Waals surface area contributed by atoms with E-state index in [9.17, 15) is 13.2 Å². The largest absolute Gasteiger partial charge is 0.295 e. The fourth-order valence-corrected chi connectivity index (χ4v) is 5.36. The van der Waals surface area contributed by atoms with Crippen LogP contribution in [0.1, 0.15) is 30.5 Å². The van der Waals surface area contributed by atoms with Crippen LogP contribution in [0, 0.1) is 6.92 Å². The summed E-state index contributed by atoms with van der Waals surface area (Å²) in [4.78, 5) is 17.4. The number of sulfonamides is 1. The summed E-state index contributed by atoms with van der Waals surface area (Å²) in [5.41, 5.74) is 2.25. The molecule has 1 saturated heterocycles. The number of hydrogen-bond acceptors (Lipinski definition) is 4. The second kappa shape index (κ2) is 8.94. The van der Waals surface area contributed by atoms with Gasteiger partial charge >= 0.3 is 0 Å². The molecule has 0 atom stereocenters. The predicted molar refractivity (Wildman–Crippen MR) is 125 cm³/mol. The molecule has 1 N–H and O–H groups in total. The first kappa shape index (κ1) is 21.7. The maximum Gasteiger partial charge on any atom is 0.280 e. The average molecular weight is 503 g/mol. The molecule has 0 aliphatic carbocycles. The molecule has 0 bridgehead atoms. The van der Waals surface area contributed by atoms with Gasteiger partial charge in [0.25, 0.3) is 5.56 Å². The van der Waals surface area contributed by atoms with Crippen LogP contribution >= 0.6 is 15.9 Å². The molecule has 1 aliphatic rings. The van der Waals surface area contributed by atoms with Crippen molar-refractivity contribution in [1.82, 2.24) is 14.1 Å². The third-order valence-corrected chi connectivity index (χ3v) is 7.78. The van der Waals surface area contributed by atoms with Crippen LogP contribution < -0.4 is 5.56 Å². The summed E-state index contributed by atoms with van der Waals surface area (Å²) in [6, 6.07) is 13.9. The van der Waals surface area contributed by atoms with Crippen molar-refractivity contribution in [2.24, 2.45) is 4.99 Å². The van der Waals surface area contributed by atoms with Gasteiger partial charge < -0.3 is 0 Å². The topological polar surface area (TPSA) is 87.5 Å². The van der Waals surface area contributed by atoms with E-state index >= 15 is 0 Å². The van der Waals surface area contributed by atoms with E-state index in [-0.39, 0.29) is 10.5 Å². The number of nitrogens with one attached hydrogen (secondary N) is 1.